The molecule has 4 nitrogen and oxygen atoms in total. The van der Waals surface area contributed by atoms with Crippen molar-refractivity contribution in [2.75, 3.05) is 0 Å². The first kappa shape index (κ1) is 16.1. The molecule has 0 bridgehead atoms. The van der Waals surface area contributed by atoms with Crippen LogP contribution in [0.1, 0.15) is 0 Å². The number of halogens is 1. The van der Waals surface area contributed by atoms with Gasteiger partial charge in [0.05, 0.1) is 0 Å². The Morgan fingerprint density at radius 3 is 1.33 bits per heavy atom. The predicted octanol–water partition coefficient (Wildman–Crippen LogP) is 1.32. The van der Waals surface area contributed by atoms with Gasteiger partial charge in [-0.2, -0.15) is 0 Å². The summed E-state index contributed by atoms with van der Waals surface area (Å²) in [6.07, 6.45) is 0. The van der Waals surface area contributed by atoms with E-state index in [-0.39, 0.29) is 6.15 Å². The highest BCUT2D eigenvalue weighted by atomic mass is 35.5. The third-order valence-corrected chi connectivity index (χ3v) is 0. The lowest BCUT2D eigenvalue weighted by atomic mass is 11.5. The summed E-state index contributed by atoms with van der Waals surface area (Å²) in [5, 5.41) is 0. The molecule has 5 N–H and O–H groups in total. The van der Waals surface area contributed by atoms with Crippen molar-refractivity contribution in [3.8, 4) is 0 Å². The number of carbonyl (C=O) groups is 2. The molecule has 0 aromatic heterocycles. The van der Waals surface area contributed by atoms with Crippen LogP contribution in [0.4, 0.5) is 9.59 Å². The van der Waals surface area contributed by atoms with Gasteiger partial charge in [0.1, 0.15) is 0 Å². The largest absolute Gasteiger partial charge is 0.367 e. The fourth-order valence-electron chi connectivity index (χ4n) is 0. The first-order valence-corrected chi connectivity index (χ1v) is 3.00. The summed E-state index contributed by atoms with van der Waals surface area (Å²) in [6.45, 7) is 0. The van der Waals surface area contributed by atoms with Crippen LogP contribution in [0, 0.1) is 0 Å². The molecule has 0 heterocycles. The molecule has 0 saturated heterocycles. The number of amides is 1. The Morgan fingerprint density at radius 1 is 1.33 bits per heavy atom. The Hall–Kier alpha value is 0.250. The van der Waals surface area contributed by atoms with Crippen molar-refractivity contribution in [2.45, 2.75) is 0 Å². The van der Waals surface area contributed by atoms with Gasteiger partial charge in [0.25, 0.3) is 0 Å². The number of rotatable bonds is 0. The Bertz CT molecular complexity index is 78.6. The molecule has 0 spiro atoms. The summed E-state index contributed by atoms with van der Waals surface area (Å²) < 4.78 is 0. The second-order valence-corrected chi connectivity index (χ2v) is 2.54. The van der Waals surface area contributed by atoms with Crippen LogP contribution in [0.3, 0.4) is 0 Å². The van der Waals surface area contributed by atoms with Crippen molar-refractivity contribution in [3.05, 3.63) is 0 Å². The fraction of sp³-hybridized carbons (Fsp3) is 0. The normalized spacial score (nSPS) is 5.67. The summed E-state index contributed by atoms with van der Waals surface area (Å²) in [6, 6.07) is 0. The van der Waals surface area contributed by atoms with Gasteiger partial charge in [-0.25, -0.2) is 0 Å². The minimum atomic E-state index is -0.444. The molecule has 0 aliphatic rings. The van der Waals surface area contributed by atoms with Crippen molar-refractivity contribution in [3.63, 3.8) is 0 Å². The van der Waals surface area contributed by atoms with E-state index in [1.807, 2.05) is 0 Å². The monoisotopic (exact) mass is 190 g/mol. The third kappa shape index (κ3) is 5160. The van der Waals surface area contributed by atoms with Gasteiger partial charge in [0.15, 0.2) is 0 Å². The Balaban J connectivity index is -0.0000000720. The van der Waals surface area contributed by atoms with E-state index in [0.717, 1.165) is 0 Å². The lowest BCUT2D eigenvalue weighted by molar-refractivity contribution is 0.267. The van der Waals surface area contributed by atoms with Gasteiger partial charge in [-0.1, -0.05) is 0 Å². The third-order valence-electron chi connectivity index (χ3n) is 0. The molecule has 56 valence electrons. The zero-order valence-corrected chi connectivity index (χ0v) is 7.70. The molecule has 1 amide bonds. The van der Waals surface area contributed by atoms with Gasteiger partial charge in [0.2, 0.25) is 10.6 Å². The number of hydrogen-bond acceptors (Lipinski definition) is 3. The van der Waals surface area contributed by atoms with Crippen LogP contribution in [0.25, 0.3) is 0 Å². The number of nitrogens with two attached hydrogens (primary N) is 1. The molecule has 2 unspecified atom stereocenters. The Kier molecular flexibility index (Phi) is 19.9. The van der Waals surface area contributed by atoms with Gasteiger partial charge < -0.3 is 11.9 Å². The van der Waals surface area contributed by atoms with Crippen LogP contribution in [0.2, 0.25) is 0 Å². The number of primary amides is 1. The second-order valence-electron chi connectivity index (χ2n) is 0.706. The molecule has 0 rings (SSSR count). The summed E-state index contributed by atoms with van der Waals surface area (Å²) in [4.78, 5) is 17.9. The SMILES string of the molecule is N.NC(=O)P.O=C(P)Cl. The molecule has 0 saturated carbocycles. The van der Waals surface area contributed by atoms with Crippen molar-refractivity contribution in [2.24, 2.45) is 5.73 Å². The average molecular weight is 191 g/mol. The molecule has 2 atom stereocenters. The Morgan fingerprint density at radius 2 is 1.33 bits per heavy atom. The molecular weight excluding hydrogens is 181 g/mol. The van der Waals surface area contributed by atoms with Crippen LogP contribution in [0.5, 0.6) is 0 Å². The van der Waals surface area contributed by atoms with Gasteiger partial charge in [-0.3, -0.25) is 9.59 Å². The summed E-state index contributed by atoms with van der Waals surface area (Å²) in [7, 11) is 3.58. The molecular formula is C2H9ClN2O2P2. The highest BCUT2D eigenvalue weighted by Gasteiger charge is 1.67. The minimum Gasteiger partial charge on any atom is -0.367 e. The van der Waals surface area contributed by atoms with Crippen LogP contribution >= 0.6 is 30.1 Å². The van der Waals surface area contributed by atoms with E-state index in [1.54, 1.807) is 18.5 Å². The first-order chi connectivity index (χ1) is 3.46. The minimum absolute atomic E-state index is 0. The molecule has 0 radical (unpaired) electrons. The molecule has 9 heavy (non-hydrogen) atoms. The van der Waals surface area contributed by atoms with E-state index in [4.69, 9.17) is 0 Å². The molecule has 0 fully saturated rings. The topological polar surface area (TPSA) is 95.2 Å². The summed E-state index contributed by atoms with van der Waals surface area (Å²) in [5.74, 6) is 0. The van der Waals surface area contributed by atoms with Crippen molar-refractivity contribution in [1.82, 2.24) is 6.15 Å². The van der Waals surface area contributed by atoms with Crippen molar-refractivity contribution >= 4 is 40.7 Å². The van der Waals surface area contributed by atoms with Crippen molar-refractivity contribution < 1.29 is 9.59 Å². The highest BCUT2D eigenvalue weighted by molar-refractivity contribution is 7.48. The molecule has 0 aromatic carbocycles. The second kappa shape index (κ2) is 11.1. The molecule has 0 aliphatic heterocycles. The first-order valence-electron chi connectivity index (χ1n) is 1.46. The maximum atomic E-state index is 9.19. The van der Waals surface area contributed by atoms with Gasteiger partial charge >= 0.3 is 0 Å². The molecule has 7 heteroatoms. The van der Waals surface area contributed by atoms with Gasteiger partial charge in [-0.15, -0.1) is 0 Å². The average Bonchev–Trinajstić information content (AvgIpc) is 1.25. The highest BCUT2D eigenvalue weighted by Crippen LogP contribution is 1.89. The summed E-state index contributed by atoms with van der Waals surface area (Å²) in [5.41, 5.74) is 4.02. The van der Waals surface area contributed by atoms with Gasteiger partial charge in [0, 0.05) is 0 Å². The van der Waals surface area contributed by atoms with E-state index in [1.165, 1.54) is 0 Å². The van der Waals surface area contributed by atoms with Crippen molar-refractivity contribution in [1.29, 1.82) is 0 Å². The van der Waals surface area contributed by atoms with E-state index in [2.05, 4.69) is 17.3 Å². The van der Waals surface area contributed by atoms with Crippen LogP contribution in [-0.2, 0) is 0 Å². The van der Waals surface area contributed by atoms with E-state index < -0.39 is 10.6 Å². The number of carbonyl (C=O) groups excluding carboxylic acids is 2. The smallest absolute Gasteiger partial charge is 0.236 e. The predicted molar refractivity (Wildman–Crippen MR) is 45.3 cm³/mol. The lowest BCUT2D eigenvalue weighted by Gasteiger charge is -1.60. The zero-order valence-electron chi connectivity index (χ0n) is 4.63. The van der Waals surface area contributed by atoms with Crippen LogP contribution in [0.15, 0.2) is 0 Å². The Labute approximate surface area is 62.9 Å². The number of hydrogen-bond donors (Lipinski definition) is 2. The quantitative estimate of drug-likeness (QED) is 0.445. The maximum Gasteiger partial charge on any atom is 0.236 e. The standard InChI is InChI=1S/CH2ClOP.CH4NOP.H3N/c2*2-1(3)4;/h4H2;4H2,(H2,2,3);1H3. The maximum absolute atomic E-state index is 9.19. The van der Waals surface area contributed by atoms with E-state index in [9.17, 15) is 9.59 Å². The van der Waals surface area contributed by atoms with E-state index in [0.29, 0.717) is 0 Å². The van der Waals surface area contributed by atoms with Crippen LogP contribution in [-0.4, -0.2) is 10.6 Å². The van der Waals surface area contributed by atoms with Crippen LogP contribution < -0.4 is 11.9 Å². The van der Waals surface area contributed by atoms with Gasteiger partial charge in [-0.05, 0) is 30.1 Å². The lowest BCUT2D eigenvalue weighted by Crippen LogP contribution is -1.93. The fourth-order valence-corrected chi connectivity index (χ4v) is 0. The summed E-state index contributed by atoms with van der Waals surface area (Å²) >= 11 is 4.60. The molecule has 0 aliphatic carbocycles. The molecule has 0 aromatic rings. The van der Waals surface area contributed by atoms with E-state index >= 15 is 0 Å². The zero-order chi connectivity index (χ0) is 7.15.